The van der Waals surface area contributed by atoms with Gasteiger partial charge in [-0.05, 0) is 48.1 Å². The number of epoxide rings is 1. The first-order valence-electron chi connectivity index (χ1n) is 6.11. The average molecular weight is 234 g/mol. The molecule has 0 aliphatic carbocycles. The highest BCUT2D eigenvalue weighted by molar-refractivity contribution is 5.48. The van der Waals surface area contributed by atoms with Crippen molar-refractivity contribution in [3.63, 3.8) is 0 Å². The number of benzene rings is 1. The summed E-state index contributed by atoms with van der Waals surface area (Å²) in [5.41, 5.74) is 3.80. The molecule has 0 N–H and O–H groups in total. The Morgan fingerprint density at radius 3 is 2.29 bits per heavy atom. The Morgan fingerprint density at radius 2 is 1.88 bits per heavy atom. The van der Waals surface area contributed by atoms with Gasteiger partial charge in [-0.1, -0.05) is 20.8 Å². The summed E-state index contributed by atoms with van der Waals surface area (Å²) in [5.74, 6) is 0.975. The zero-order valence-electron chi connectivity index (χ0n) is 11.7. The molecule has 1 aromatic rings. The Kier molecular flexibility index (Phi) is 2.74. The summed E-state index contributed by atoms with van der Waals surface area (Å²) in [6.07, 6.45) is 0. The lowest BCUT2D eigenvalue weighted by atomic mass is 9.82. The van der Waals surface area contributed by atoms with Crippen LogP contribution < -0.4 is 4.74 Å². The molecule has 1 aromatic carbocycles. The number of ether oxygens (including phenoxy) is 2. The molecule has 1 unspecified atom stereocenters. The largest absolute Gasteiger partial charge is 0.496 e. The minimum absolute atomic E-state index is 0.0731. The number of rotatable bonds is 2. The summed E-state index contributed by atoms with van der Waals surface area (Å²) >= 11 is 0. The monoisotopic (exact) mass is 234 g/mol. The maximum absolute atomic E-state index is 5.56. The van der Waals surface area contributed by atoms with Crippen LogP contribution in [0.15, 0.2) is 12.1 Å². The Hall–Kier alpha value is -1.02. The van der Waals surface area contributed by atoms with E-state index in [1.165, 1.54) is 16.7 Å². The van der Waals surface area contributed by atoms with Gasteiger partial charge in [0.15, 0.2) is 0 Å². The summed E-state index contributed by atoms with van der Waals surface area (Å²) in [7, 11) is 1.74. The fourth-order valence-electron chi connectivity index (χ4n) is 2.27. The fourth-order valence-corrected chi connectivity index (χ4v) is 2.27. The minimum atomic E-state index is -0.0731. The molecule has 1 atom stereocenters. The summed E-state index contributed by atoms with van der Waals surface area (Å²) in [5, 5.41) is 0. The summed E-state index contributed by atoms with van der Waals surface area (Å²) in [6.45, 7) is 11.7. The van der Waals surface area contributed by atoms with Crippen LogP contribution in [0.25, 0.3) is 0 Å². The van der Waals surface area contributed by atoms with Gasteiger partial charge in [-0.2, -0.15) is 0 Å². The van der Waals surface area contributed by atoms with Crippen LogP contribution in [0.1, 0.15) is 44.4 Å². The third-order valence-corrected chi connectivity index (χ3v) is 3.50. The van der Waals surface area contributed by atoms with Crippen molar-refractivity contribution >= 4 is 0 Å². The molecular formula is C15H22O2. The van der Waals surface area contributed by atoms with Crippen LogP contribution in [0.2, 0.25) is 0 Å². The standard InChI is InChI=1S/C15H22O2/c1-10-7-13(16-6)12(14(2,3)4)8-11(10)15(5)9-17-15/h7-8H,9H2,1-6H3. The highest BCUT2D eigenvalue weighted by Gasteiger charge is 2.43. The lowest BCUT2D eigenvalue weighted by molar-refractivity contribution is 0.327. The molecule has 0 spiro atoms. The summed E-state index contributed by atoms with van der Waals surface area (Å²) in [6, 6.07) is 4.38. The van der Waals surface area contributed by atoms with E-state index in [2.05, 4.69) is 46.8 Å². The van der Waals surface area contributed by atoms with Crippen molar-refractivity contribution in [2.24, 2.45) is 0 Å². The molecule has 17 heavy (non-hydrogen) atoms. The third kappa shape index (κ3) is 2.19. The molecule has 1 saturated heterocycles. The predicted molar refractivity (Wildman–Crippen MR) is 69.7 cm³/mol. The molecule has 1 aliphatic rings. The van der Waals surface area contributed by atoms with E-state index in [4.69, 9.17) is 9.47 Å². The maximum atomic E-state index is 5.56. The first kappa shape index (κ1) is 12.4. The van der Waals surface area contributed by atoms with E-state index in [0.717, 1.165) is 12.4 Å². The van der Waals surface area contributed by atoms with Gasteiger partial charge >= 0.3 is 0 Å². The third-order valence-electron chi connectivity index (χ3n) is 3.50. The topological polar surface area (TPSA) is 21.8 Å². The normalized spacial score (nSPS) is 23.6. The first-order valence-corrected chi connectivity index (χ1v) is 6.11. The van der Waals surface area contributed by atoms with Gasteiger partial charge in [0, 0.05) is 0 Å². The molecule has 2 heteroatoms. The quantitative estimate of drug-likeness (QED) is 0.730. The Morgan fingerprint density at radius 1 is 1.29 bits per heavy atom. The highest BCUT2D eigenvalue weighted by Crippen LogP contribution is 2.43. The van der Waals surface area contributed by atoms with Crippen LogP contribution in [0.3, 0.4) is 0 Å². The van der Waals surface area contributed by atoms with Crippen molar-refractivity contribution in [3.8, 4) is 5.75 Å². The SMILES string of the molecule is COc1cc(C)c(C2(C)CO2)cc1C(C)(C)C. The molecule has 0 amide bonds. The van der Waals surface area contributed by atoms with Crippen molar-refractivity contribution in [2.45, 2.75) is 45.6 Å². The van der Waals surface area contributed by atoms with E-state index in [0.29, 0.717) is 0 Å². The van der Waals surface area contributed by atoms with Crippen molar-refractivity contribution in [1.29, 1.82) is 0 Å². The fraction of sp³-hybridized carbons (Fsp3) is 0.600. The second kappa shape index (κ2) is 3.74. The molecule has 0 bridgehead atoms. The van der Waals surface area contributed by atoms with Crippen molar-refractivity contribution in [2.75, 3.05) is 13.7 Å². The van der Waals surface area contributed by atoms with E-state index in [-0.39, 0.29) is 11.0 Å². The van der Waals surface area contributed by atoms with Crippen LogP contribution in [-0.2, 0) is 15.8 Å². The zero-order chi connectivity index (χ0) is 12.8. The Bertz CT molecular complexity index is 437. The zero-order valence-corrected chi connectivity index (χ0v) is 11.7. The van der Waals surface area contributed by atoms with Crippen LogP contribution in [0.5, 0.6) is 5.75 Å². The van der Waals surface area contributed by atoms with Crippen molar-refractivity contribution in [1.82, 2.24) is 0 Å². The summed E-state index contributed by atoms with van der Waals surface area (Å²) in [4.78, 5) is 0. The average Bonchev–Trinajstić information content (AvgIpc) is 2.95. The van der Waals surface area contributed by atoms with Crippen LogP contribution >= 0.6 is 0 Å². The van der Waals surface area contributed by atoms with Gasteiger partial charge in [0.1, 0.15) is 11.4 Å². The smallest absolute Gasteiger partial charge is 0.122 e. The van der Waals surface area contributed by atoms with Gasteiger partial charge in [0.25, 0.3) is 0 Å². The lowest BCUT2D eigenvalue weighted by Gasteiger charge is -2.25. The lowest BCUT2D eigenvalue weighted by Crippen LogP contribution is -2.16. The summed E-state index contributed by atoms with van der Waals surface area (Å²) < 4.78 is 11.1. The first-order chi connectivity index (χ1) is 7.78. The number of hydrogen-bond acceptors (Lipinski definition) is 2. The van der Waals surface area contributed by atoms with Crippen molar-refractivity contribution < 1.29 is 9.47 Å². The molecule has 94 valence electrons. The number of hydrogen-bond donors (Lipinski definition) is 0. The second-order valence-electron chi connectivity index (χ2n) is 6.14. The van der Waals surface area contributed by atoms with E-state index >= 15 is 0 Å². The highest BCUT2D eigenvalue weighted by atomic mass is 16.6. The van der Waals surface area contributed by atoms with E-state index in [9.17, 15) is 0 Å². The molecule has 0 aromatic heterocycles. The van der Waals surface area contributed by atoms with Gasteiger partial charge < -0.3 is 9.47 Å². The van der Waals surface area contributed by atoms with Gasteiger partial charge in [-0.15, -0.1) is 0 Å². The van der Waals surface area contributed by atoms with E-state index < -0.39 is 0 Å². The van der Waals surface area contributed by atoms with Crippen LogP contribution in [0.4, 0.5) is 0 Å². The predicted octanol–water partition coefficient (Wildman–Crippen LogP) is 3.55. The number of aryl methyl sites for hydroxylation is 1. The van der Waals surface area contributed by atoms with Gasteiger partial charge in [-0.3, -0.25) is 0 Å². The van der Waals surface area contributed by atoms with Gasteiger partial charge in [0.05, 0.1) is 13.7 Å². The molecule has 1 fully saturated rings. The molecule has 0 saturated carbocycles. The molecular weight excluding hydrogens is 212 g/mol. The second-order valence-corrected chi connectivity index (χ2v) is 6.14. The minimum Gasteiger partial charge on any atom is -0.496 e. The Balaban J connectivity index is 2.57. The Labute approximate surface area is 104 Å². The van der Waals surface area contributed by atoms with Crippen LogP contribution in [0, 0.1) is 6.92 Å². The molecule has 2 nitrogen and oxygen atoms in total. The number of methoxy groups -OCH3 is 1. The van der Waals surface area contributed by atoms with Crippen molar-refractivity contribution in [3.05, 3.63) is 28.8 Å². The molecule has 1 heterocycles. The maximum Gasteiger partial charge on any atom is 0.122 e. The molecule has 1 aliphatic heterocycles. The molecule has 2 rings (SSSR count). The van der Waals surface area contributed by atoms with E-state index in [1.54, 1.807) is 7.11 Å². The van der Waals surface area contributed by atoms with Crippen LogP contribution in [-0.4, -0.2) is 13.7 Å². The van der Waals surface area contributed by atoms with E-state index in [1.807, 2.05) is 0 Å². The van der Waals surface area contributed by atoms with Gasteiger partial charge in [0.2, 0.25) is 0 Å². The van der Waals surface area contributed by atoms with Gasteiger partial charge in [-0.25, -0.2) is 0 Å². The molecule has 0 radical (unpaired) electrons.